The molecule has 2 aliphatic rings. The molecule has 5 aromatic rings. The summed E-state index contributed by atoms with van der Waals surface area (Å²) in [6.45, 7) is 1.24. The average molecular weight is 797 g/mol. The van der Waals surface area contributed by atoms with Gasteiger partial charge in [0.15, 0.2) is 0 Å². The molecule has 0 saturated carbocycles. The maximum absolute atomic E-state index is 13.9. The predicted octanol–water partition coefficient (Wildman–Crippen LogP) is 6.91. The van der Waals surface area contributed by atoms with E-state index in [2.05, 4.69) is 0 Å². The van der Waals surface area contributed by atoms with Crippen molar-refractivity contribution in [3.05, 3.63) is 179 Å². The molecule has 10 nitrogen and oxygen atoms in total. The number of amides is 2. The summed E-state index contributed by atoms with van der Waals surface area (Å²) in [5, 5.41) is 9.95. The molecular weight excluding hydrogens is 745 g/mol. The van der Waals surface area contributed by atoms with Crippen molar-refractivity contribution in [2.24, 2.45) is 0 Å². The third-order valence-corrected chi connectivity index (χ3v) is 11.0. The van der Waals surface area contributed by atoms with Crippen LogP contribution in [0.1, 0.15) is 65.3 Å². The molecule has 0 unspecified atom stereocenters. The first kappa shape index (κ1) is 42.5. The number of nitrogens with zero attached hydrogens (tertiary/aromatic N) is 2. The number of esters is 2. The van der Waals surface area contributed by atoms with Crippen molar-refractivity contribution >= 4 is 23.8 Å². The Morgan fingerprint density at radius 1 is 0.542 bits per heavy atom. The van der Waals surface area contributed by atoms with Gasteiger partial charge in [0.2, 0.25) is 11.8 Å². The lowest BCUT2D eigenvalue weighted by Crippen LogP contribution is -2.53. The standard InChI is InChI=1S/C28H29NO4.C21H23NO4/c1-32-28(31)25-19-24(33-20-21-11-5-2-6-12-21)17-18-29(25)27(30)26(22-13-7-3-8-14-22)23-15-9-4-10-16-23;1-26-21(25)18-14-17(23)12-13-22(18)20(24)19(15-8-4-2-5-9-15)16-10-6-3-7-11-16/h2-16,24-26H,17-20H2,1H3;2-11,17-19,23H,12-14H2,1H3/t24-,25+;17-,18+/m11/s1. The number of methoxy groups -OCH3 is 2. The maximum atomic E-state index is 13.9. The summed E-state index contributed by atoms with van der Waals surface area (Å²) in [6.07, 6.45) is 1.02. The second-order valence-corrected chi connectivity index (χ2v) is 14.8. The van der Waals surface area contributed by atoms with Crippen LogP contribution in [0.3, 0.4) is 0 Å². The smallest absolute Gasteiger partial charge is 0.328 e. The lowest BCUT2D eigenvalue weighted by atomic mass is 9.88. The molecule has 1 N–H and O–H groups in total. The monoisotopic (exact) mass is 796 g/mol. The largest absolute Gasteiger partial charge is 0.467 e. The number of hydrogen-bond donors (Lipinski definition) is 1. The zero-order chi connectivity index (χ0) is 41.6. The highest BCUT2D eigenvalue weighted by molar-refractivity contribution is 5.92. The Kier molecular flexibility index (Phi) is 15.2. The summed E-state index contributed by atoms with van der Waals surface area (Å²) in [7, 11) is 2.67. The highest BCUT2D eigenvalue weighted by Gasteiger charge is 2.41. The molecule has 2 heterocycles. The topological polar surface area (TPSA) is 123 Å². The van der Waals surface area contributed by atoms with Crippen LogP contribution in [0.25, 0.3) is 0 Å². The van der Waals surface area contributed by atoms with Gasteiger partial charge in [0.25, 0.3) is 0 Å². The number of aliphatic hydroxyl groups excluding tert-OH is 1. The summed E-state index contributed by atoms with van der Waals surface area (Å²) in [6, 6.07) is 47.0. The van der Waals surface area contributed by atoms with Crippen molar-refractivity contribution in [1.82, 2.24) is 9.80 Å². The van der Waals surface area contributed by atoms with Crippen LogP contribution in [0.15, 0.2) is 152 Å². The first-order valence-corrected chi connectivity index (χ1v) is 20.1. The SMILES string of the molecule is COC(=O)[C@@H]1C[C@H](O)CCN1C(=O)C(c1ccccc1)c1ccccc1.COC(=O)[C@@H]1C[C@H](OCc2ccccc2)CCN1C(=O)C(c1ccccc1)c1ccccc1. The third kappa shape index (κ3) is 10.9. The fourth-order valence-electron chi connectivity index (χ4n) is 7.93. The Morgan fingerprint density at radius 2 is 0.898 bits per heavy atom. The van der Waals surface area contributed by atoms with Gasteiger partial charge in [0.1, 0.15) is 12.1 Å². The van der Waals surface area contributed by atoms with Gasteiger partial charge < -0.3 is 29.1 Å². The van der Waals surface area contributed by atoms with E-state index in [0.29, 0.717) is 39.0 Å². The summed E-state index contributed by atoms with van der Waals surface area (Å²) < 4.78 is 16.1. The Bertz CT molecular complexity index is 2010. The zero-order valence-corrected chi connectivity index (χ0v) is 33.5. The molecule has 7 rings (SSSR count). The molecule has 0 radical (unpaired) electrons. The van der Waals surface area contributed by atoms with Crippen molar-refractivity contribution in [3.8, 4) is 0 Å². The molecule has 5 aromatic carbocycles. The van der Waals surface area contributed by atoms with Crippen LogP contribution >= 0.6 is 0 Å². The quantitative estimate of drug-likeness (QED) is 0.143. The Labute approximate surface area is 346 Å². The second kappa shape index (κ2) is 21.1. The molecule has 2 amide bonds. The molecule has 0 aromatic heterocycles. The van der Waals surface area contributed by atoms with E-state index in [1.54, 1.807) is 9.80 Å². The van der Waals surface area contributed by atoms with Gasteiger partial charge in [-0.15, -0.1) is 0 Å². The van der Waals surface area contributed by atoms with E-state index in [-0.39, 0.29) is 24.3 Å². The number of carbonyl (C=O) groups excluding carboxylic acids is 4. The van der Waals surface area contributed by atoms with E-state index in [1.807, 2.05) is 152 Å². The minimum absolute atomic E-state index is 0.0932. The first-order chi connectivity index (χ1) is 28.8. The minimum Gasteiger partial charge on any atom is -0.467 e. The lowest BCUT2D eigenvalue weighted by molar-refractivity contribution is -0.158. The fraction of sp³-hybridized carbons (Fsp3) is 0.306. The highest BCUT2D eigenvalue weighted by Crippen LogP contribution is 2.33. The summed E-state index contributed by atoms with van der Waals surface area (Å²) in [5.41, 5.74) is 4.63. The molecular formula is C49H52N2O8. The number of hydrogen-bond acceptors (Lipinski definition) is 8. The molecule has 0 aliphatic carbocycles. The third-order valence-electron chi connectivity index (χ3n) is 11.0. The molecule has 0 bridgehead atoms. The summed E-state index contributed by atoms with van der Waals surface area (Å²) in [4.78, 5) is 55.5. The zero-order valence-electron chi connectivity index (χ0n) is 33.5. The van der Waals surface area contributed by atoms with Crippen LogP contribution in [0.2, 0.25) is 0 Å². The number of aliphatic hydroxyl groups is 1. The Morgan fingerprint density at radius 3 is 1.29 bits per heavy atom. The first-order valence-electron chi connectivity index (χ1n) is 20.1. The van der Waals surface area contributed by atoms with Crippen molar-refractivity contribution in [2.45, 2.75) is 68.4 Å². The molecule has 2 aliphatic heterocycles. The Hall–Kier alpha value is -6.10. The molecule has 10 heteroatoms. The van der Waals surface area contributed by atoms with Crippen LogP contribution in [-0.4, -0.2) is 90.3 Å². The van der Waals surface area contributed by atoms with E-state index < -0.39 is 42.0 Å². The molecule has 0 spiro atoms. The fourth-order valence-corrected chi connectivity index (χ4v) is 7.93. The van der Waals surface area contributed by atoms with Crippen LogP contribution in [0.5, 0.6) is 0 Å². The number of ether oxygens (including phenoxy) is 3. The van der Waals surface area contributed by atoms with Gasteiger partial charge in [-0.2, -0.15) is 0 Å². The van der Waals surface area contributed by atoms with Gasteiger partial charge in [0.05, 0.1) is 44.9 Å². The number of carbonyl (C=O) groups is 4. The van der Waals surface area contributed by atoms with Crippen molar-refractivity contribution in [2.75, 3.05) is 27.3 Å². The average Bonchev–Trinajstić information content (AvgIpc) is 3.29. The van der Waals surface area contributed by atoms with Crippen LogP contribution in [0.4, 0.5) is 0 Å². The van der Waals surface area contributed by atoms with Gasteiger partial charge in [-0.25, -0.2) is 9.59 Å². The van der Waals surface area contributed by atoms with Gasteiger partial charge >= 0.3 is 11.9 Å². The van der Waals surface area contributed by atoms with E-state index in [4.69, 9.17) is 14.2 Å². The van der Waals surface area contributed by atoms with E-state index in [1.165, 1.54) is 14.2 Å². The maximum Gasteiger partial charge on any atom is 0.328 e. The normalized spacial score (nSPS) is 19.0. The van der Waals surface area contributed by atoms with Crippen molar-refractivity contribution in [1.29, 1.82) is 0 Å². The van der Waals surface area contributed by atoms with Crippen LogP contribution in [0, 0.1) is 0 Å². The molecule has 59 heavy (non-hydrogen) atoms. The molecule has 2 fully saturated rings. The van der Waals surface area contributed by atoms with E-state index in [0.717, 1.165) is 27.8 Å². The molecule has 4 atom stereocenters. The van der Waals surface area contributed by atoms with Crippen molar-refractivity contribution in [3.63, 3.8) is 0 Å². The number of rotatable bonds is 11. The molecule has 306 valence electrons. The van der Waals surface area contributed by atoms with E-state index in [9.17, 15) is 24.3 Å². The number of benzene rings is 5. The van der Waals surface area contributed by atoms with Gasteiger partial charge in [0, 0.05) is 25.9 Å². The van der Waals surface area contributed by atoms with Gasteiger partial charge in [-0.3, -0.25) is 9.59 Å². The van der Waals surface area contributed by atoms with Crippen LogP contribution < -0.4 is 0 Å². The van der Waals surface area contributed by atoms with E-state index >= 15 is 0 Å². The molecule has 2 saturated heterocycles. The van der Waals surface area contributed by atoms with Crippen LogP contribution in [-0.2, 0) is 40.0 Å². The Balaban J connectivity index is 0.000000204. The summed E-state index contributed by atoms with van der Waals surface area (Å²) in [5.74, 6) is -2.12. The second-order valence-electron chi connectivity index (χ2n) is 14.8. The lowest BCUT2D eigenvalue weighted by Gasteiger charge is -2.39. The van der Waals surface area contributed by atoms with Crippen molar-refractivity contribution < 1.29 is 38.5 Å². The van der Waals surface area contributed by atoms with Gasteiger partial charge in [-0.1, -0.05) is 152 Å². The van der Waals surface area contributed by atoms with Gasteiger partial charge in [-0.05, 0) is 40.7 Å². The number of likely N-dealkylation sites (tertiary alicyclic amines) is 2. The number of piperidine rings is 2. The summed E-state index contributed by atoms with van der Waals surface area (Å²) >= 11 is 0. The predicted molar refractivity (Wildman–Crippen MR) is 224 cm³/mol. The minimum atomic E-state index is -0.758. The highest BCUT2D eigenvalue weighted by atomic mass is 16.5.